The van der Waals surface area contributed by atoms with Crippen LogP contribution in [0.25, 0.3) is 0 Å². The molecule has 1 aliphatic rings. The smallest absolute Gasteiger partial charge is 0.251 e. The third kappa shape index (κ3) is 5.52. The third-order valence-electron chi connectivity index (χ3n) is 4.30. The summed E-state index contributed by atoms with van der Waals surface area (Å²) in [6.07, 6.45) is 1.92. The van der Waals surface area contributed by atoms with Crippen molar-refractivity contribution in [2.75, 3.05) is 36.5 Å². The molecule has 0 bridgehead atoms. The first kappa shape index (κ1) is 18.8. The molecule has 7 nitrogen and oxygen atoms in total. The van der Waals surface area contributed by atoms with Crippen LogP contribution >= 0.6 is 0 Å². The highest BCUT2D eigenvalue weighted by Crippen LogP contribution is 2.16. The van der Waals surface area contributed by atoms with E-state index in [2.05, 4.69) is 20.5 Å². The Bertz CT molecular complexity index is 759. The second kappa shape index (κ2) is 9.14. The molecule has 1 aromatic heterocycles. The molecule has 1 fully saturated rings. The van der Waals surface area contributed by atoms with Crippen molar-refractivity contribution in [2.24, 2.45) is 0 Å². The van der Waals surface area contributed by atoms with Crippen molar-refractivity contribution >= 4 is 23.3 Å². The maximum atomic E-state index is 12.2. The standard InChI is InChI=1S/C20H24N4O3/c1-15(22-20(26)16-5-3-2-4-6-16)13-19(25)23-18-8-7-17(14-21-18)24-9-11-27-12-10-24/h2-8,14-15H,9-13H2,1H3,(H,22,26)(H,21,23,25). The average molecular weight is 368 g/mol. The fourth-order valence-corrected chi connectivity index (χ4v) is 2.89. The molecule has 142 valence electrons. The Labute approximate surface area is 158 Å². The SMILES string of the molecule is CC(CC(=O)Nc1ccc(N2CCOCC2)cn1)NC(=O)c1ccccc1. The molecule has 0 aliphatic carbocycles. The lowest BCUT2D eigenvalue weighted by Gasteiger charge is -2.28. The van der Waals surface area contributed by atoms with Crippen LogP contribution in [-0.4, -0.2) is 49.1 Å². The van der Waals surface area contributed by atoms with Crippen molar-refractivity contribution in [3.05, 3.63) is 54.2 Å². The number of aromatic nitrogens is 1. The molecule has 1 aromatic carbocycles. The maximum Gasteiger partial charge on any atom is 0.251 e. The lowest BCUT2D eigenvalue weighted by atomic mass is 10.1. The zero-order valence-corrected chi connectivity index (χ0v) is 15.4. The lowest BCUT2D eigenvalue weighted by molar-refractivity contribution is -0.116. The van der Waals surface area contributed by atoms with Gasteiger partial charge in [0.05, 0.1) is 25.1 Å². The quantitative estimate of drug-likeness (QED) is 0.815. The molecule has 1 unspecified atom stereocenters. The van der Waals surface area contributed by atoms with E-state index in [9.17, 15) is 9.59 Å². The van der Waals surface area contributed by atoms with Gasteiger partial charge in [-0.2, -0.15) is 0 Å². The predicted octanol–water partition coefficient (Wildman–Crippen LogP) is 2.07. The molecular formula is C20H24N4O3. The summed E-state index contributed by atoms with van der Waals surface area (Å²) in [5, 5.41) is 5.60. The van der Waals surface area contributed by atoms with Crippen molar-refractivity contribution in [1.82, 2.24) is 10.3 Å². The number of hydrogen-bond donors (Lipinski definition) is 2. The van der Waals surface area contributed by atoms with Gasteiger partial charge in [0, 0.05) is 31.1 Å². The van der Waals surface area contributed by atoms with Gasteiger partial charge in [0.15, 0.2) is 0 Å². The zero-order valence-electron chi connectivity index (χ0n) is 15.4. The van der Waals surface area contributed by atoms with E-state index in [1.54, 1.807) is 43.5 Å². The van der Waals surface area contributed by atoms with Crippen LogP contribution in [0.5, 0.6) is 0 Å². The molecular weight excluding hydrogens is 344 g/mol. The summed E-state index contributed by atoms with van der Waals surface area (Å²) < 4.78 is 5.34. The Morgan fingerprint density at radius 3 is 2.56 bits per heavy atom. The minimum atomic E-state index is -0.287. The number of nitrogens with zero attached hydrogens (tertiary/aromatic N) is 2. The van der Waals surface area contributed by atoms with Gasteiger partial charge in [0.25, 0.3) is 5.91 Å². The van der Waals surface area contributed by atoms with Crippen LogP contribution in [0.15, 0.2) is 48.7 Å². The van der Waals surface area contributed by atoms with Crippen LogP contribution in [0, 0.1) is 0 Å². The van der Waals surface area contributed by atoms with Crippen molar-refractivity contribution < 1.29 is 14.3 Å². The Balaban J connectivity index is 1.47. The molecule has 1 atom stereocenters. The van der Waals surface area contributed by atoms with Gasteiger partial charge in [-0.05, 0) is 31.2 Å². The minimum absolute atomic E-state index is 0.172. The number of amides is 2. The summed E-state index contributed by atoms with van der Waals surface area (Å²) in [6, 6.07) is 12.4. The Morgan fingerprint density at radius 1 is 1.15 bits per heavy atom. The molecule has 1 aliphatic heterocycles. The Hall–Kier alpha value is -2.93. The lowest BCUT2D eigenvalue weighted by Crippen LogP contribution is -2.36. The summed E-state index contributed by atoms with van der Waals surface area (Å²) >= 11 is 0. The summed E-state index contributed by atoms with van der Waals surface area (Å²) in [7, 11) is 0. The Kier molecular flexibility index (Phi) is 6.38. The van der Waals surface area contributed by atoms with E-state index in [1.165, 1.54) is 0 Å². The Morgan fingerprint density at radius 2 is 1.89 bits per heavy atom. The topological polar surface area (TPSA) is 83.6 Å². The highest BCUT2D eigenvalue weighted by atomic mass is 16.5. The van der Waals surface area contributed by atoms with Crippen molar-refractivity contribution in [2.45, 2.75) is 19.4 Å². The van der Waals surface area contributed by atoms with Crippen molar-refractivity contribution in [1.29, 1.82) is 0 Å². The monoisotopic (exact) mass is 368 g/mol. The molecule has 0 saturated carbocycles. The number of pyridine rings is 1. The van der Waals surface area contributed by atoms with E-state index in [4.69, 9.17) is 4.74 Å². The normalized spacial score (nSPS) is 15.1. The number of nitrogens with one attached hydrogen (secondary N) is 2. The van der Waals surface area contributed by atoms with Crippen LogP contribution in [0.2, 0.25) is 0 Å². The number of ether oxygens (including phenoxy) is 1. The minimum Gasteiger partial charge on any atom is -0.378 e. The number of carbonyl (C=O) groups is 2. The van der Waals surface area contributed by atoms with E-state index in [1.807, 2.05) is 12.1 Å². The van der Waals surface area contributed by atoms with Gasteiger partial charge < -0.3 is 20.3 Å². The summed E-state index contributed by atoms with van der Waals surface area (Å²) in [5.74, 6) is 0.116. The number of carbonyl (C=O) groups excluding carboxylic acids is 2. The molecule has 2 amide bonds. The van der Waals surface area contributed by atoms with Gasteiger partial charge in [-0.25, -0.2) is 4.98 Å². The molecule has 0 radical (unpaired) electrons. The van der Waals surface area contributed by atoms with Gasteiger partial charge >= 0.3 is 0 Å². The molecule has 2 heterocycles. The van der Waals surface area contributed by atoms with E-state index < -0.39 is 0 Å². The molecule has 1 saturated heterocycles. The molecule has 0 spiro atoms. The second-order valence-corrected chi connectivity index (χ2v) is 6.49. The number of hydrogen-bond acceptors (Lipinski definition) is 5. The maximum absolute atomic E-state index is 12.2. The van der Waals surface area contributed by atoms with E-state index in [0.717, 1.165) is 18.8 Å². The van der Waals surface area contributed by atoms with Crippen LogP contribution in [0.1, 0.15) is 23.7 Å². The zero-order chi connectivity index (χ0) is 19.1. The molecule has 2 aromatic rings. The van der Waals surface area contributed by atoms with Crippen LogP contribution < -0.4 is 15.5 Å². The highest BCUT2D eigenvalue weighted by Gasteiger charge is 2.15. The van der Waals surface area contributed by atoms with Crippen LogP contribution in [-0.2, 0) is 9.53 Å². The first-order valence-electron chi connectivity index (χ1n) is 9.06. The van der Waals surface area contributed by atoms with E-state index in [-0.39, 0.29) is 24.3 Å². The summed E-state index contributed by atoms with van der Waals surface area (Å²) in [4.78, 5) is 30.8. The van der Waals surface area contributed by atoms with Gasteiger partial charge in [-0.15, -0.1) is 0 Å². The van der Waals surface area contributed by atoms with Gasteiger partial charge in [0.1, 0.15) is 5.82 Å². The highest BCUT2D eigenvalue weighted by molar-refractivity contribution is 5.95. The average Bonchev–Trinajstić information content (AvgIpc) is 2.69. The molecule has 2 N–H and O–H groups in total. The summed E-state index contributed by atoms with van der Waals surface area (Å²) in [6.45, 7) is 4.91. The first-order valence-corrected chi connectivity index (χ1v) is 9.06. The van der Waals surface area contributed by atoms with E-state index in [0.29, 0.717) is 24.6 Å². The molecule has 27 heavy (non-hydrogen) atoms. The molecule has 3 rings (SSSR count). The number of anilines is 2. The largest absolute Gasteiger partial charge is 0.378 e. The van der Waals surface area contributed by atoms with Gasteiger partial charge in [-0.3, -0.25) is 9.59 Å². The van der Waals surface area contributed by atoms with Crippen molar-refractivity contribution in [3.8, 4) is 0 Å². The summed E-state index contributed by atoms with van der Waals surface area (Å²) in [5.41, 5.74) is 1.59. The van der Waals surface area contributed by atoms with Crippen LogP contribution in [0.3, 0.4) is 0 Å². The third-order valence-corrected chi connectivity index (χ3v) is 4.30. The van der Waals surface area contributed by atoms with E-state index >= 15 is 0 Å². The second-order valence-electron chi connectivity index (χ2n) is 6.49. The number of rotatable bonds is 6. The van der Waals surface area contributed by atoms with Crippen LogP contribution in [0.4, 0.5) is 11.5 Å². The number of benzene rings is 1. The fourth-order valence-electron chi connectivity index (χ4n) is 2.89. The number of morpholine rings is 1. The van der Waals surface area contributed by atoms with Gasteiger partial charge in [0.2, 0.25) is 5.91 Å². The predicted molar refractivity (Wildman–Crippen MR) is 104 cm³/mol. The van der Waals surface area contributed by atoms with Gasteiger partial charge in [-0.1, -0.05) is 18.2 Å². The first-order chi connectivity index (χ1) is 13.1. The molecule has 7 heteroatoms. The van der Waals surface area contributed by atoms with Crippen molar-refractivity contribution in [3.63, 3.8) is 0 Å². The fraction of sp³-hybridized carbons (Fsp3) is 0.350.